The Morgan fingerprint density at radius 1 is 0.939 bits per heavy atom. The fourth-order valence-electron chi connectivity index (χ4n) is 3.97. The highest BCUT2D eigenvalue weighted by Crippen LogP contribution is 2.23. The van der Waals surface area contributed by atoms with E-state index < -0.39 is 0 Å². The molecule has 0 bridgehead atoms. The predicted octanol–water partition coefficient (Wildman–Crippen LogP) is 4.83. The molecule has 168 valence electrons. The van der Waals surface area contributed by atoms with Gasteiger partial charge in [-0.15, -0.1) is 0 Å². The highest BCUT2D eigenvalue weighted by molar-refractivity contribution is 6.06. The number of hydrogen-bond acceptors (Lipinski definition) is 4. The molecular formula is C27H27N3O3. The van der Waals surface area contributed by atoms with E-state index in [1.807, 2.05) is 66.7 Å². The number of carbonyl (C=O) groups is 1. The first-order valence-electron chi connectivity index (χ1n) is 11.2. The molecule has 2 heterocycles. The van der Waals surface area contributed by atoms with Crippen molar-refractivity contribution < 1.29 is 14.3 Å². The Morgan fingerprint density at radius 3 is 2.52 bits per heavy atom. The first-order chi connectivity index (χ1) is 16.2. The lowest BCUT2D eigenvalue weighted by Gasteiger charge is -2.26. The molecule has 0 radical (unpaired) electrons. The summed E-state index contributed by atoms with van der Waals surface area (Å²) in [4.78, 5) is 18.4. The van der Waals surface area contributed by atoms with Crippen molar-refractivity contribution in [3.05, 3.63) is 95.7 Å². The number of ether oxygens (including phenoxy) is 2. The molecule has 33 heavy (non-hydrogen) atoms. The van der Waals surface area contributed by atoms with Crippen molar-refractivity contribution in [1.29, 1.82) is 0 Å². The number of rotatable bonds is 7. The van der Waals surface area contributed by atoms with Gasteiger partial charge in [0.2, 0.25) is 0 Å². The molecule has 0 spiro atoms. The minimum atomic E-state index is -0.168. The Balaban J connectivity index is 1.21. The van der Waals surface area contributed by atoms with Crippen LogP contribution in [-0.4, -0.2) is 42.1 Å². The van der Waals surface area contributed by atoms with Gasteiger partial charge in [0, 0.05) is 36.2 Å². The van der Waals surface area contributed by atoms with E-state index in [0.29, 0.717) is 12.3 Å². The average Bonchev–Trinajstić information content (AvgIpc) is 3.29. The van der Waals surface area contributed by atoms with E-state index in [2.05, 4.69) is 27.3 Å². The van der Waals surface area contributed by atoms with Gasteiger partial charge in [-0.1, -0.05) is 42.5 Å². The summed E-state index contributed by atoms with van der Waals surface area (Å²) in [6, 6.07) is 25.7. The summed E-state index contributed by atoms with van der Waals surface area (Å²) in [5.74, 6) is 0.604. The highest BCUT2D eigenvalue weighted by Gasteiger charge is 2.12. The number of anilines is 1. The van der Waals surface area contributed by atoms with Gasteiger partial charge in [-0.3, -0.25) is 9.69 Å². The summed E-state index contributed by atoms with van der Waals surface area (Å²) in [5, 5.41) is 3.91. The van der Waals surface area contributed by atoms with Gasteiger partial charge in [0.1, 0.15) is 18.1 Å². The Morgan fingerprint density at radius 2 is 1.73 bits per heavy atom. The SMILES string of the molecule is O=C(Nc1ccc(CN2CCOCC2)cc1)c1cc2cc(OCc3ccccc3)ccc2[nH]1. The molecule has 0 saturated carbocycles. The molecular weight excluding hydrogens is 414 g/mol. The van der Waals surface area contributed by atoms with Crippen LogP contribution in [0.15, 0.2) is 78.9 Å². The molecule has 0 atom stereocenters. The first-order valence-corrected chi connectivity index (χ1v) is 11.2. The van der Waals surface area contributed by atoms with Crippen LogP contribution in [0.25, 0.3) is 10.9 Å². The quantitative estimate of drug-likeness (QED) is 0.431. The minimum Gasteiger partial charge on any atom is -0.489 e. The lowest BCUT2D eigenvalue weighted by Crippen LogP contribution is -2.35. The van der Waals surface area contributed by atoms with Gasteiger partial charge < -0.3 is 19.8 Å². The number of nitrogens with one attached hydrogen (secondary N) is 2. The van der Waals surface area contributed by atoms with Crippen molar-refractivity contribution in [2.75, 3.05) is 31.6 Å². The molecule has 6 nitrogen and oxygen atoms in total. The number of morpholine rings is 1. The van der Waals surface area contributed by atoms with Crippen LogP contribution in [0.2, 0.25) is 0 Å². The molecule has 1 saturated heterocycles. The van der Waals surface area contributed by atoms with Crippen molar-refractivity contribution in [1.82, 2.24) is 9.88 Å². The number of H-pyrrole nitrogens is 1. The van der Waals surface area contributed by atoms with Crippen molar-refractivity contribution in [3.63, 3.8) is 0 Å². The van der Waals surface area contributed by atoms with Crippen molar-refractivity contribution in [2.24, 2.45) is 0 Å². The topological polar surface area (TPSA) is 66.6 Å². The van der Waals surface area contributed by atoms with E-state index in [1.54, 1.807) is 0 Å². The van der Waals surface area contributed by atoms with Crippen LogP contribution in [0.3, 0.4) is 0 Å². The molecule has 0 unspecified atom stereocenters. The van der Waals surface area contributed by atoms with Crippen molar-refractivity contribution >= 4 is 22.5 Å². The zero-order valence-electron chi connectivity index (χ0n) is 18.4. The lowest BCUT2D eigenvalue weighted by molar-refractivity contribution is 0.0342. The smallest absolute Gasteiger partial charge is 0.272 e. The summed E-state index contributed by atoms with van der Waals surface area (Å²) in [6.07, 6.45) is 0. The van der Waals surface area contributed by atoms with Gasteiger partial charge in [-0.05, 0) is 47.5 Å². The zero-order chi connectivity index (χ0) is 22.5. The van der Waals surface area contributed by atoms with Gasteiger partial charge in [-0.25, -0.2) is 0 Å². The maximum atomic E-state index is 12.8. The standard InChI is InChI=1S/C27H27N3O3/c31-27(28-23-8-6-20(7-9-23)18-30-12-14-32-15-13-30)26-17-22-16-24(10-11-25(22)29-26)33-19-21-4-2-1-3-5-21/h1-11,16-17,29H,12-15,18-19H2,(H,28,31). The number of carbonyl (C=O) groups excluding carboxylic acids is 1. The minimum absolute atomic E-state index is 0.168. The van der Waals surface area contributed by atoms with Crippen LogP contribution in [-0.2, 0) is 17.9 Å². The normalized spacial score (nSPS) is 14.3. The van der Waals surface area contributed by atoms with Crippen LogP contribution < -0.4 is 10.1 Å². The second-order valence-electron chi connectivity index (χ2n) is 8.25. The third-order valence-electron chi connectivity index (χ3n) is 5.81. The second-order valence-corrected chi connectivity index (χ2v) is 8.25. The Kier molecular flexibility index (Phi) is 6.37. The van der Waals surface area contributed by atoms with E-state index in [9.17, 15) is 4.79 Å². The number of aromatic amines is 1. The van der Waals surface area contributed by atoms with Crippen LogP contribution in [0.1, 0.15) is 21.6 Å². The fraction of sp³-hybridized carbons (Fsp3) is 0.222. The van der Waals surface area contributed by atoms with E-state index in [1.165, 1.54) is 5.56 Å². The lowest BCUT2D eigenvalue weighted by atomic mass is 10.2. The molecule has 2 N–H and O–H groups in total. The van der Waals surface area contributed by atoms with Crippen LogP contribution >= 0.6 is 0 Å². The van der Waals surface area contributed by atoms with Crippen molar-refractivity contribution in [3.8, 4) is 5.75 Å². The summed E-state index contributed by atoms with van der Waals surface area (Å²) in [5.41, 5.74) is 4.53. The predicted molar refractivity (Wildman–Crippen MR) is 130 cm³/mol. The largest absolute Gasteiger partial charge is 0.489 e. The summed E-state index contributed by atoms with van der Waals surface area (Å²) >= 11 is 0. The summed E-state index contributed by atoms with van der Waals surface area (Å²) in [7, 11) is 0. The second kappa shape index (κ2) is 9.90. The average molecular weight is 442 g/mol. The molecule has 1 aliphatic rings. The van der Waals surface area contributed by atoms with E-state index in [-0.39, 0.29) is 5.91 Å². The van der Waals surface area contributed by atoms with Gasteiger partial charge >= 0.3 is 0 Å². The number of amides is 1. The number of hydrogen-bond donors (Lipinski definition) is 2. The fourth-order valence-corrected chi connectivity index (χ4v) is 3.97. The van der Waals surface area contributed by atoms with Gasteiger partial charge in [0.05, 0.1) is 13.2 Å². The Bertz CT molecular complexity index is 1210. The van der Waals surface area contributed by atoms with E-state index in [0.717, 1.165) is 60.8 Å². The van der Waals surface area contributed by atoms with E-state index >= 15 is 0 Å². The van der Waals surface area contributed by atoms with E-state index in [4.69, 9.17) is 9.47 Å². The third kappa shape index (κ3) is 5.42. The van der Waals surface area contributed by atoms with Crippen LogP contribution in [0.5, 0.6) is 5.75 Å². The molecule has 4 aromatic rings. The molecule has 1 amide bonds. The zero-order valence-corrected chi connectivity index (χ0v) is 18.4. The molecule has 3 aromatic carbocycles. The van der Waals surface area contributed by atoms with Gasteiger partial charge in [0.25, 0.3) is 5.91 Å². The summed E-state index contributed by atoms with van der Waals surface area (Å²) < 4.78 is 11.3. The molecule has 1 aromatic heterocycles. The Hall–Kier alpha value is -3.61. The highest BCUT2D eigenvalue weighted by atomic mass is 16.5. The summed E-state index contributed by atoms with van der Waals surface area (Å²) in [6.45, 7) is 4.90. The maximum absolute atomic E-state index is 12.8. The van der Waals surface area contributed by atoms with Crippen LogP contribution in [0, 0.1) is 0 Å². The van der Waals surface area contributed by atoms with Crippen molar-refractivity contribution in [2.45, 2.75) is 13.2 Å². The monoisotopic (exact) mass is 441 g/mol. The van der Waals surface area contributed by atoms with Gasteiger partial charge in [-0.2, -0.15) is 0 Å². The van der Waals surface area contributed by atoms with Crippen LogP contribution in [0.4, 0.5) is 5.69 Å². The third-order valence-corrected chi connectivity index (χ3v) is 5.81. The number of fused-ring (bicyclic) bond motifs is 1. The molecule has 1 aliphatic heterocycles. The molecule has 0 aliphatic carbocycles. The Labute approximate surface area is 193 Å². The maximum Gasteiger partial charge on any atom is 0.272 e. The van der Waals surface area contributed by atoms with Gasteiger partial charge in [0.15, 0.2) is 0 Å². The molecule has 6 heteroatoms. The molecule has 1 fully saturated rings. The number of aromatic nitrogens is 1. The number of benzene rings is 3. The number of nitrogens with zero attached hydrogens (tertiary/aromatic N) is 1. The first kappa shape index (κ1) is 21.2. The molecule has 5 rings (SSSR count).